The van der Waals surface area contributed by atoms with E-state index >= 15 is 0 Å². The van der Waals surface area contributed by atoms with Crippen LogP contribution in [0.2, 0.25) is 0 Å². The second kappa shape index (κ2) is 7.20. The molecule has 0 radical (unpaired) electrons. The quantitative estimate of drug-likeness (QED) is 0.774. The van der Waals surface area contributed by atoms with Crippen LogP contribution in [0.4, 0.5) is 13.2 Å². The van der Waals surface area contributed by atoms with E-state index in [0.29, 0.717) is 30.8 Å². The fourth-order valence-electron chi connectivity index (χ4n) is 4.01. The molecule has 1 aromatic carbocycles. The van der Waals surface area contributed by atoms with E-state index < -0.39 is 12.1 Å². The van der Waals surface area contributed by atoms with Crippen molar-refractivity contribution in [2.24, 2.45) is 5.41 Å². The van der Waals surface area contributed by atoms with E-state index in [2.05, 4.69) is 14.7 Å². The van der Waals surface area contributed by atoms with Gasteiger partial charge in [0, 0.05) is 36.2 Å². The minimum absolute atomic E-state index is 0.0464. The Kier molecular flexibility index (Phi) is 4.86. The van der Waals surface area contributed by atoms with Gasteiger partial charge in [-0.15, -0.1) is 0 Å². The highest BCUT2D eigenvalue weighted by molar-refractivity contribution is 5.94. The molecule has 150 valence electrons. The molecule has 1 aromatic heterocycles. The third-order valence-electron chi connectivity index (χ3n) is 5.41. The van der Waals surface area contributed by atoms with Crippen LogP contribution in [0.5, 0.6) is 0 Å². The van der Waals surface area contributed by atoms with E-state index in [9.17, 15) is 18.0 Å². The molecule has 0 saturated carbocycles. The van der Waals surface area contributed by atoms with Gasteiger partial charge in [0.2, 0.25) is 5.82 Å². The summed E-state index contributed by atoms with van der Waals surface area (Å²) < 4.78 is 47.7. The smallest absolute Gasteiger partial charge is 0.381 e. The molecule has 1 atom stereocenters. The molecular formula is C19H20F3N3O3. The van der Waals surface area contributed by atoms with Gasteiger partial charge in [-0.3, -0.25) is 4.79 Å². The van der Waals surface area contributed by atoms with Crippen molar-refractivity contribution in [2.75, 3.05) is 26.3 Å². The van der Waals surface area contributed by atoms with Gasteiger partial charge in [-0.05, 0) is 37.8 Å². The van der Waals surface area contributed by atoms with Gasteiger partial charge >= 0.3 is 12.1 Å². The van der Waals surface area contributed by atoms with Crippen molar-refractivity contribution in [3.05, 3.63) is 35.7 Å². The van der Waals surface area contributed by atoms with Crippen molar-refractivity contribution in [1.29, 1.82) is 0 Å². The van der Waals surface area contributed by atoms with Crippen molar-refractivity contribution in [3.8, 4) is 11.4 Å². The number of hydrogen-bond donors (Lipinski definition) is 0. The van der Waals surface area contributed by atoms with Gasteiger partial charge in [0.25, 0.3) is 5.91 Å². The number of likely N-dealkylation sites (tertiary alicyclic amines) is 1. The number of nitrogens with zero attached hydrogens (tertiary/aromatic N) is 3. The Morgan fingerprint density at radius 2 is 1.89 bits per heavy atom. The molecule has 0 aliphatic carbocycles. The maximum Gasteiger partial charge on any atom is 0.471 e. The molecule has 6 nitrogen and oxygen atoms in total. The van der Waals surface area contributed by atoms with Crippen molar-refractivity contribution >= 4 is 5.91 Å². The van der Waals surface area contributed by atoms with Crippen LogP contribution < -0.4 is 0 Å². The lowest BCUT2D eigenvalue weighted by atomic mass is 9.75. The topological polar surface area (TPSA) is 68.5 Å². The Bertz CT molecular complexity index is 837. The fourth-order valence-corrected chi connectivity index (χ4v) is 4.01. The van der Waals surface area contributed by atoms with E-state index in [1.165, 1.54) is 12.1 Å². The zero-order valence-electron chi connectivity index (χ0n) is 15.2. The number of carbonyl (C=O) groups excluding carboxylic acids is 1. The van der Waals surface area contributed by atoms with Crippen molar-refractivity contribution < 1.29 is 27.2 Å². The van der Waals surface area contributed by atoms with Gasteiger partial charge in [-0.1, -0.05) is 17.3 Å². The number of benzene rings is 1. The predicted octanol–water partition coefficient (Wildman–Crippen LogP) is 3.79. The highest BCUT2D eigenvalue weighted by atomic mass is 19.4. The summed E-state index contributed by atoms with van der Waals surface area (Å²) >= 11 is 0. The Hall–Kier alpha value is -2.42. The highest BCUT2D eigenvalue weighted by Gasteiger charge is 2.39. The summed E-state index contributed by atoms with van der Waals surface area (Å²) in [6.07, 6.45) is -0.601. The van der Waals surface area contributed by atoms with Crippen LogP contribution >= 0.6 is 0 Å². The molecule has 2 aliphatic rings. The molecule has 0 N–H and O–H groups in total. The van der Waals surface area contributed by atoms with Crippen LogP contribution in [0.1, 0.15) is 41.9 Å². The third-order valence-corrected chi connectivity index (χ3v) is 5.41. The summed E-state index contributed by atoms with van der Waals surface area (Å²) in [6, 6.07) is 6.23. The number of halogens is 3. The number of carbonyl (C=O) groups is 1. The maximum absolute atomic E-state index is 12.9. The van der Waals surface area contributed by atoms with Crippen LogP contribution in [-0.2, 0) is 10.9 Å². The average molecular weight is 395 g/mol. The summed E-state index contributed by atoms with van der Waals surface area (Å²) in [4.78, 5) is 18.1. The number of hydrogen-bond acceptors (Lipinski definition) is 5. The Morgan fingerprint density at radius 1 is 1.14 bits per heavy atom. The summed E-state index contributed by atoms with van der Waals surface area (Å²) in [5.74, 6) is -1.64. The average Bonchev–Trinajstić information content (AvgIpc) is 3.19. The van der Waals surface area contributed by atoms with Crippen molar-refractivity contribution in [3.63, 3.8) is 0 Å². The van der Waals surface area contributed by atoms with Crippen LogP contribution in [0.3, 0.4) is 0 Å². The molecule has 3 heterocycles. The van der Waals surface area contributed by atoms with E-state index in [1.807, 2.05) is 4.90 Å². The molecule has 1 spiro atoms. The lowest BCUT2D eigenvalue weighted by molar-refractivity contribution is -0.159. The van der Waals surface area contributed by atoms with E-state index in [-0.39, 0.29) is 17.1 Å². The molecule has 1 amide bonds. The van der Waals surface area contributed by atoms with E-state index in [0.717, 1.165) is 32.3 Å². The number of piperidine rings is 1. The van der Waals surface area contributed by atoms with Gasteiger partial charge in [-0.25, -0.2) is 0 Å². The molecule has 0 unspecified atom stereocenters. The number of amides is 1. The first-order valence-electron chi connectivity index (χ1n) is 9.25. The number of aromatic nitrogens is 2. The Morgan fingerprint density at radius 3 is 2.54 bits per heavy atom. The van der Waals surface area contributed by atoms with E-state index in [4.69, 9.17) is 4.74 Å². The summed E-state index contributed by atoms with van der Waals surface area (Å²) in [5.41, 5.74) is 0.883. The number of rotatable bonds is 2. The summed E-state index contributed by atoms with van der Waals surface area (Å²) in [6.45, 7) is 2.84. The van der Waals surface area contributed by atoms with Gasteiger partial charge in [0.1, 0.15) is 0 Å². The van der Waals surface area contributed by atoms with E-state index in [1.54, 1.807) is 12.1 Å². The first-order valence-corrected chi connectivity index (χ1v) is 9.25. The van der Waals surface area contributed by atoms with Crippen LogP contribution in [0.15, 0.2) is 28.8 Å². The SMILES string of the molecule is O=C(c1ccc(-c2noc(C(F)(F)F)n2)cc1)N1CCC[C@@]2(CCCOC2)C1. The van der Waals surface area contributed by atoms with Gasteiger partial charge < -0.3 is 14.2 Å². The summed E-state index contributed by atoms with van der Waals surface area (Å²) in [5, 5.41) is 3.36. The first kappa shape index (κ1) is 18.9. The molecule has 4 rings (SSSR count). The lowest BCUT2D eigenvalue weighted by Gasteiger charge is -2.44. The third kappa shape index (κ3) is 3.76. The molecule has 2 aromatic rings. The second-order valence-corrected chi connectivity index (χ2v) is 7.48. The van der Waals surface area contributed by atoms with Crippen molar-refractivity contribution in [2.45, 2.75) is 31.9 Å². The second-order valence-electron chi connectivity index (χ2n) is 7.48. The van der Waals surface area contributed by atoms with Gasteiger partial charge in [0.05, 0.1) is 6.61 Å². The van der Waals surface area contributed by atoms with Crippen LogP contribution in [0.25, 0.3) is 11.4 Å². The first-order chi connectivity index (χ1) is 13.4. The molecule has 2 saturated heterocycles. The minimum atomic E-state index is -4.69. The largest absolute Gasteiger partial charge is 0.471 e. The lowest BCUT2D eigenvalue weighted by Crippen LogP contribution is -2.49. The zero-order valence-corrected chi connectivity index (χ0v) is 15.2. The standard InChI is InChI=1S/C19H20F3N3O3/c20-19(21,22)17-23-15(24-28-17)13-3-5-14(6-4-13)16(26)25-9-1-7-18(11-25)8-2-10-27-12-18/h3-6H,1-2,7-12H2/t18-/m1/s1. The number of alkyl halides is 3. The monoisotopic (exact) mass is 395 g/mol. The van der Waals surface area contributed by atoms with Crippen molar-refractivity contribution in [1.82, 2.24) is 15.0 Å². The predicted molar refractivity (Wildman–Crippen MR) is 92.4 cm³/mol. The number of ether oxygens (including phenoxy) is 1. The Labute approximate surface area is 159 Å². The molecular weight excluding hydrogens is 375 g/mol. The van der Waals surface area contributed by atoms with Crippen LogP contribution in [-0.4, -0.2) is 47.3 Å². The molecule has 2 fully saturated rings. The van der Waals surface area contributed by atoms with Gasteiger partial charge in [0.15, 0.2) is 0 Å². The fraction of sp³-hybridized carbons (Fsp3) is 0.526. The highest BCUT2D eigenvalue weighted by Crippen LogP contribution is 2.38. The zero-order chi connectivity index (χ0) is 19.8. The molecule has 9 heteroatoms. The minimum Gasteiger partial charge on any atom is -0.381 e. The Balaban J connectivity index is 1.47. The molecule has 0 bridgehead atoms. The van der Waals surface area contributed by atoms with Gasteiger partial charge in [-0.2, -0.15) is 18.2 Å². The molecule has 2 aliphatic heterocycles. The molecule has 28 heavy (non-hydrogen) atoms. The summed E-state index contributed by atoms with van der Waals surface area (Å²) in [7, 11) is 0. The normalized spacial score (nSPS) is 23.2. The maximum atomic E-state index is 12.9. The van der Waals surface area contributed by atoms with Crippen LogP contribution in [0, 0.1) is 5.41 Å².